The van der Waals surface area contributed by atoms with Gasteiger partial charge in [0, 0.05) is 28.7 Å². The lowest BCUT2D eigenvalue weighted by molar-refractivity contribution is -0.116. The normalized spacial score (nSPS) is 10.2. The van der Waals surface area contributed by atoms with Crippen LogP contribution in [-0.2, 0) is 4.79 Å². The van der Waals surface area contributed by atoms with Gasteiger partial charge in [0.25, 0.3) is 0 Å². The zero-order valence-electron chi connectivity index (χ0n) is 14.8. The molecular formula is C19H19Cl2N3O4. The number of carbonyl (C=O) groups is 3. The van der Waals surface area contributed by atoms with E-state index in [0.717, 1.165) is 0 Å². The Morgan fingerprint density at radius 1 is 0.893 bits per heavy atom. The first kappa shape index (κ1) is 21.5. The Hall–Kier alpha value is -2.77. The standard InChI is InChI=1S/C19H19Cl2N3O4/c20-12-4-7-14(8-5-12)23-19(28)22-10-2-1-3-17(25)24-16-9-6-13(21)11-15(16)18(26)27/h4-9,11H,1-3,10H2,(H,24,25)(H,26,27)(H2,22,23,28). The van der Waals surface area contributed by atoms with Gasteiger partial charge in [-0.25, -0.2) is 9.59 Å². The average Bonchev–Trinajstić information content (AvgIpc) is 2.64. The average molecular weight is 424 g/mol. The molecule has 28 heavy (non-hydrogen) atoms. The summed E-state index contributed by atoms with van der Waals surface area (Å²) >= 11 is 11.6. The Morgan fingerprint density at radius 2 is 1.57 bits per heavy atom. The van der Waals surface area contributed by atoms with Gasteiger partial charge >= 0.3 is 12.0 Å². The Morgan fingerprint density at radius 3 is 2.25 bits per heavy atom. The number of amides is 3. The van der Waals surface area contributed by atoms with Crippen LogP contribution in [-0.4, -0.2) is 29.6 Å². The fourth-order valence-corrected chi connectivity index (χ4v) is 2.63. The molecule has 0 unspecified atom stereocenters. The van der Waals surface area contributed by atoms with Crippen molar-refractivity contribution in [2.24, 2.45) is 0 Å². The molecule has 2 rings (SSSR count). The maximum atomic E-state index is 12.0. The zero-order valence-corrected chi connectivity index (χ0v) is 16.3. The summed E-state index contributed by atoms with van der Waals surface area (Å²) in [6.45, 7) is 0.397. The molecule has 0 aliphatic carbocycles. The number of hydrogen-bond donors (Lipinski definition) is 4. The molecule has 7 nitrogen and oxygen atoms in total. The summed E-state index contributed by atoms with van der Waals surface area (Å²) in [4.78, 5) is 35.0. The Bertz CT molecular complexity index is 857. The van der Waals surface area contributed by atoms with Gasteiger partial charge in [0.05, 0.1) is 11.3 Å². The molecule has 0 radical (unpaired) electrons. The highest BCUT2D eigenvalue weighted by Gasteiger charge is 2.13. The maximum Gasteiger partial charge on any atom is 0.337 e. The summed E-state index contributed by atoms with van der Waals surface area (Å²) in [5, 5.41) is 17.9. The van der Waals surface area contributed by atoms with Crippen LogP contribution in [0, 0.1) is 0 Å². The van der Waals surface area contributed by atoms with Gasteiger partial charge in [-0.05, 0) is 55.3 Å². The van der Waals surface area contributed by atoms with E-state index in [4.69, 9.17) is 28.3 Å². The molecule has 4 N–H and O–H groups in total. The number of carboxylic acids is 1. The van der Waals surface area contributed by atoms with Gasteiger partial charge in [0.2, 0.25) is 5.91 Å². The van der Waals surface area contributed by atoms with Crippen LogP contribution in [0.3, 0.4) is 0 Å². The van der Waals surface area contributed by atoms with E-state index >= 15 is 0 Å². The summed E-state index contributed by atoms with van der Waals surface area (Å²) in [6, 6.07) is 10.6. The first-order valence-corrected chi connectivity index (χ1v) is 9.24. The van der Waals surface area contributed by atoms with E-state index in [2.05, 4.69) is 16.0 Å². The lowest BCUT2D eigenvalue weighted by Crippen LogP contribution is -2.29. The molecule has 0 aromatic heterocycles. The fourth-order valence-electron chi connectivity index (χ4n) is 2.34. The van der Waals surface area contributed by atoms with Crippen molar-refractivity contribution in [1.29, 1.82) is 0 Å². The molecule has 2 aromatic rings. The number of unbranched alkanes of at least 4 members (excludes halogenated alkanes) is 1. The molecule has 2 aromatic carbocycles. The van der Waals surface area contributed by atoms with Crippen molar-refractivity contribution in [3.8, 4) is 0 Å². The second-order valence-electron chi connectivity index (χ2n) is 5.89. The second kappa shape index (κ2) is 10.5. The number of halogens is 2. The highest BCUT2D eigenvalue weighted by atomic mass is 35.5. The van der Waals surface area contributed by atoms with Crippen LogP contribution in [0.15, 0.2) is 42.5 Å². The molecule has 0 aliphatic heterocycles. The largest absolute Gasteiger partial charge is 0.478 e. The summed E-state index contributed by atoms with van der Waals surface area (Å²) < 4.78 is 0. The van der Waals surface area contributed by atoms with E-state index in [1.165, 1.54) is 18.2 Å². The first-order valence-electron chi connectivity index (χ1n) is 8.48. The van der Waals surface area contributed by atoms with Gasteiger partial charge in [0.1, 0.15) is 0 Å². The van der Waals surface area contributed by atoms with Crippen molar-refractivity contribution in [3.05, 3.63) is 58.1 Å². The van der Waals surface area contributed by atoms with E-state index in [1.807, 2.05) is 0 Å². The molecule has 148 valence electrons. The number of carboxylic acid groups (broad SMARTS) is 1. The number of carbonyl (C=O) groups excluding carboxylic acids is 2. The second-order valence-corrected chi connectivity index (χ2v) is 6.76. The molecule has 9 heteroatoms. The SMILES string of the molecule is O=C(CCCCNC(=O)Nc1ccc(Cl)cc1)Nc1ccc(Cl)cc1C(=O)O. The Labute approximate surface area is 172 Å². The third kappa shape index (κ3) is 7.09. The number of hydrogen-bond acceptors (Lipinski definition) is 3. The van der Waals surface area contributed by atoms with Crippen molar-refractivity contribution in [2.45, 2.75) is 19.3 Å². The van der Waals surface area contributed by atoms with Crippen LogP contribution < -0.4 is 16.0 Å². The minimum absolute atomic E-state index is 0.0682. The van der Waals surface area contributed by atoms with Gasteiger partial charge in [0.15, 0.2) is 0 Å². The smallest absolute Gasteiger partial charge is 0.337 e. The lowest BCUT2D eigenvalue weighted by Gasteiger charge is -2.09. The molecule has 0 fully saturated rings. The van der Waals surface area contributed by atoms with Crippen molar-refractivity contribution in [3.63, 3.8) is 0 Å². The van der Waals surface area contributed by atoms with Gasteiger partial charge in [-0.15, -0.1) is 0 Å². The Balaban J connectivity index is 1.68. The molecular weight excluding hydrogens is 405 g/mol. The number of urea groups is 1. The van der Waals surface area contributed by atoms with Crippen molar-refractivity contribution in [2.75, 3.05) is 17.2 Å². The third-order valence-electron chi connectivity index (χ3n) is 3.70. The van der Waals surface area contributed by atoms with Crippen LogP contribution in [0.4, 0.5) is 16.2 Å². The molecule has 0 aliphatic rings. The topological polar surface area (TPSA) is 108 Å². The molecule has 0 spiro atoms. The van der Waals surface area contributed by atoms with Crippen LogP contribution >= 0.6 is 23.2 Å². The Kier molecular flexibility index (Phi) is 8.10. The number of aromatic carboxylic acids is 1. The van der Waals surface area contributed by atoms with Crippen molar-refractivity contribution >= 4 is 52.5 Å². The third-order valence-corrected chi connectivity index (χ3v) is 4.19. The van der Waals surface area contributed by atoms with E-state index in [1.54, 1.807) is 24.3 Å². The molecule has 0 saturated heterocycles. The summed E-state index contributed by atoms with van der Waals surface area (Å²) in [6.07, 6.45) is 1.32. The van der Waals surface area contributed by atoms with Crippen molar-refractivity contribution in [1.82, 2.24) is 5.32 Å². The van der Waals surface area contributed by atoms with Crippen LogP contribution in [0.2, 0.25) is 10.0 Å². The van der Waals surface area contributed by atoms with E-state index in [0.29, 0.717) is 30.1 Å². The highest BCUT2D eigenvalue weighted by Crippen LogP contribution is 2.21. The fraction of sp³-hybridized carbons (Fsp3) is 0.211. The van der Waals surface area contributed by atoms with Crippen molar-refractivity contribution < 1.29 is 19.5 Å². The predicted octanol–water partition coefficient (Wildman–Crippen LogP) is 4.62. The van der Waals surface area contributed by atoms with Crippen LogP contribution in [0.25, 0.3) is 0 Å². The monoisotopic (exact) mass is 423 g/mol. The zero-order chi connectivity index (χ0) is 20.5. The summed E-state index contributed by atoms with van der Waals surface area (Å²) in [5.41, 5.74) is 0.752. The molecule has 3 amide bonds. The molecule has 0 atom stereocenters. The summed E-state index contributed by atoms with van der Waals surface area (Å²) in [7, 11) is 0. The van der Waals surface area contributed by atoms with Gasteiger partial charge in [-0.2, -0.15) is 0 Å². The first-order chi connectivity index (χ1) is 13.3. The minimum atomic E-state index is -1.17. The van der Waals surface area contributed by atoms with E-state index < -0.39 is 5.97 Å². The lowest BCUT2D eigenvalue weighted by atomic mass is 10.1. The minimum Gasteiger partial charge on any atom is -0.478 e. The van der Waals surface area contributed by atoms with E-state index in [9.17, 15) is 14.4 Å². The van der Waals surface area contributed by atoms with Gasteiger partial charge < -0.3 is 21.1 Å². The van der Waals surface area contributed by atoms with Gasteiger partial charge in [-0.3, -0.25) is 4.79 Å². The number of benzene rings is 2. The quantitative estimate of drug-likeness (QED) is 0.464. The number of anilines is 2. The maximum absolute atomic E-state index is 12.0. The molecule has 0 bridgehead atoms. The molecule has 0 heterocycles. The molecule has 0 saturated carbocycles. The predicted molar refractivity (Wildman–Crippen MR) is 109 cm³/mol. The number of nitrogens with one attached hydrogen (secondary N) is 3. The number of rotatable bonds is 8. The van der Waals surface area contributed by atoms with Crippen LogP contribution in [0.5, 0.6) is 0 Å². The summed E-state index contributed by atoms with van der Waals surface area (Å²) in [5.74, 6) is -1.48. The van der Waals surface area contributed by atoms with Gasteiger partial charge in [-0.1, -0.05) is 23.2 Å². The van der Waals surface area contributed by atoms with Crippen LogP contribution in [0.1, 0.15) is 29.6 Å². The highest BCUT2D eigenvalue weighted by molar-refractivity contribution is 6.31. The van der Waals surface area contributed by atoms with E-state index in [-0.39, 0.29) is 34.6 Å².